The van der Waals surface area contributed by atoms with Crippen LogP contribution in [-0.4, -0.2) is 27.5 Å². The zero-order valence-electron chi connectivity index (χ0n) is 10.7. The summed E-state index contributed by atoms with van der Waals surface area (Å²) in [5.41, 5.74) is -0.214. The van der Waals surface area contributed by atoms with E-state index in [-0.39, 0.29) is 28.5 Å². The van der Waals surface area contributed by atoms with Crippen LogP contribution in [0, 0.1) is 0 Å². The van der Waals surface area contributed by atoms with Gasteiger partial charge in [-0.05, 0) is 25.0 Å². The normalized spacial score (nSPS) is 17.9. The summed E-state index contributed by atoms with van der Waals surface area (Å²) in [6.07, 6.45) is 4.99. The van der Waals surface area contributed by atoms with Gasteiger partial charge in [-0.2, -0.15) is 0 Å². The van der Waals surface area contributed by atoms with E-state index in [4.69, 9.17) is 11.6 Å². The summed E-state index contributed by atoms with van der Waals surface area (Å²) < 4.78 is 0. The maximum absolute atomic E-state index is 12.2. The zero-order chi connectivity index (χ0) is 13.9. The predicted molar refractivity (Wildman–Crippen MR) is 73.8 cm³/mol. The second-order valence-electron chi connectivity index (χ2n) is 5.13. The fourth-order valence-corrected chi connectivity index (χ4v) is 2.87. The number of hydrogen-bond donors (Lipinski definition) is 3. The molecule has 1 saturated carbocycles. The van der Waals surface area contributed by atoms with E-state index in [1.54, 1.807) is 0 Å². The van der Waals surface area contributed by atoms with Gasteiger partial charge < -0.3 is 15.5 Å². The topological polar surface area (TPSA) is 69.6 Å². The number of alkyl halides is 1. The molecule has 1 aliphatic rings. The van der Waals surface area contributed by atoms with Gasteiger partial charge in [0, 0.05) is 11.9 Å². The highest BCUT2D eigenvalue weighted by Gasteiger charge is 2.33. The molecule has 0 heterocycles. The Balaban J connectivity index is 2.15. The van der Waals surface area contributed by atoms with Crippen molar-refractivity contribution in [3.05, 3.63) is 23.8 Å². The molecule has 104 valence electrons. The molecule has 0 bridgehead atoms. The number of aromatic hydroxyl groups is 2. The minimum atomic E-state index is -0.374. The number of phenols is 2. The van der Waals surface area contributed by atoms with Crippen LogP contribution < -0.4 is 5.32 Å². The first kappa shape index (κ1) is 14.0. The minimum Gasteiger partial charge on any atom is -0.508 e. The molecule has 0 aliphatic heterocycles. The Labute approximate surface area is 117 Å². The van der Waals surface area contributed by atoms with Gasteiger partial charge in [-0.25, -0.2) is 0 Å². The summed E-state index contributed by atoms with van der Waals surface area (Å²) in [4.78, 5) is 12.2. The van der Waals surface area contributed by atoms with Crippen LogP contribution >= 0.6 is 11.6 Å². The third-order valence-corrected chi connectivity index (χ3v) is 4.18. The maximum Gasteiger partial charge on any atom is 0.255 e. The summed E-state index contributed by atoms with van der Waals surface area (Å²) in [6, 6.07) is 3.94. The van der Waals surface area contributed by atoms with Crippen molar-refractivity contribution in [1.82, 2.24) is 5.32 Å². The molecule has 1 aliphatic carbocycles. The summed E-state index contributed by atoms with van der Waals surface area (Å²) in [6.45, 7) is 0. The molecule has 0 unspecified atom stereocenters. The van der Waals surface area contributed by atoms with Crippen LogP contribution in [-0.2, 0) is 0 Å². The number of amides is 1. The molecule has 1 amide bonds. The van der Waals surface area contributed by atoms with Crippen LogP contribution in [0.5, 0.6) is 11.5 Å². The van der Waals surface area contributed by atoms with Gasteiger partial charge in [-0.1, -0.05) is 19.3 Å². The molecule has 1 aromatic carbocycles. The standard InChI is InChI=1S/C14H18ClNO3/c15-9-14(6-2-1-3-7-14)16-13(19)11-5-4-10(17)8-12(11)18/h4-5,8,17-18H,1-3,6-7,9H2,(H,16,19). The average molecular weight is 284 g/mol. The van der Waals surface area contributed by atoms with Crippen LogP contribution in [0.25, 0.3) is 0 Å². The number of nitrogens with one attached hydrogen (secondary N) is 1. The summed E-state index contributed by atoms with van der Waals surface area (Å²) >= 11 is 6.02. The van der Waals surface area contributed by atoms with Crippen LogP contribution in [0.1, 0.15) is 42.5 Å². The molecule has 1 fully saturated rings. The van der Waals surface area contributed by atoms with Gasteiger partial charge in [-0.15, -0.1) is 11.6 Å². The fourth-order valence-electron chi connectivity index (χ4n) is 2.54. The van der Waals surface area contributed by atoms with Gasteiger partial charge in [0.05, 0.1) is 11.1 Å². The first-order valence-corrected chi connectivity index (χ1v) is 7.00. The van der Waals surface area contributed by atoms with E-state index in [2.05, 4.69) is 5.32 Å². The first-order chi connectivity index (χ1) is 9.06. The number of halogens is 1. The van der Waals surface area contributed by atoms with Gasteiger partial charge in [0.15, 0.2) is 0 Å². The van der Waals surface area contributed by atoms with Crippen molar-refractivity contribution in [3.63, 3.8) is 0 Å². The molecule has 0 aromatic heterocycles. The smallest absolute Gasteiger partial charge is 0.255 e. The largest absolute Gasteiger partial charge is 0.508 e. The fraction of sp³-hybridized carbons (Fsp3) is 0.500. The van der Waals surface area contributed by atoms with Crippen molar-refractivity contribution < 1.29 is 15.0 Å². The Bertz CT molecular complexity index is 470. The Morgan fingerprint density at radius 2 is 1.95 bits per heavy atom. The maximum atomic E-state index is 12.2. The van der Waals surface area contributed by atoms with Crippen molar-refractivity contribution in [2.24, 2.45) is 0 Å². The van der Waals surface area contributed by atoms with E-state index < -0.39 is 0 Å². The van der Waals surface area contributed by atoms with E-state index in [9.17, 15) is 15.0 Å². The van der Waals surface area contributed by atoms with Crippen LogP contribution in [0.2, 0.25) is 0 Å². The van der Waals surface area contributed by atoms with Gasteiger partial charge in [0.25, 0.3) is 5.91 Å². The molecule has 2 rings (SSSR count). The van der Waals surface area contributed by atoms with Gasteiger partial charge in [-0.3, -0.25) is 4.79 Å². The second-order valence-corrected chi connectivity index (χ2v) is 5.40. The van der Waals surface area contributed by atoms with E-state index in [1.807, 2.05) is 0 Å². The molecular weight excluding hydrogens is 266 g/mol. The monoisotopic (exact) mass is 283 g/mol. The summed E-state index contributed by atoms with van der Waals surface area (Å²) in [7, 11) is 0. The van der Waals surface area contributed by atoms with Crippen molar-refractivity contribution in [3.8, 4) is 11.5 Å². The Hall–Kier alpha value is -1.42. The van der Waals surface area contributed by atoms with Crippen molar-refractivity contribution >= 4 is 17.5 Å². The lowest BCUT2D eigenvalue weighted by molar-refractivity contribution is 0.0882. The lowest BCUT2D eigenvalue weighted by Gasteiger charge is -2.36. The number of carbonyl (C=O) groups excluding carboxylic acids is 1. The quantitative estimate of drug-likeness (QED) is 0.747. The lowest BCUT2D eigenvalue weighted by atomic mass is 9.83. The SMILES string of the molecule is O=C(NC1(CCl)CCCCC1)c1ccc(O)cc1O. The predicted octanol–water partition coefficient (Wildman–Crippen LogP) is 2.77. The number of phenolic OH excluding ortho intramolecular Hbond substituents is 2. The highest BCUT2D eigenvalue weighted by molar-refractivity contribution is 6.19. The number of carbonyl (C=O) groups is 1. The lowest BCUT2D eigenvalue weighted by Crippen LogP contribution is -2.51. The van der Waals surface area contributed by atoms with Crippen LogP contribution in [0.3, 0.4) is 0 Å². The molecule has 0 saturated heterocycles. The van der Waals surface area contributed by atoms with Gasteiger partial charge in [0.1, 0.15) is 11.5 Å². The number of hydrogen-bond acceptors (Lipinski definition) is 3. The summed E-state index contributed by atoms with van der Waals surface area (Å²) in [5, 5.41) is 21.9. The molecular formula is C14H18ClNO3. The molecule has 5 heteroatoms. The average Bonchev–Trinajstić information content (AvgIpc) is 2.39. The van der Waals surface area contributed by atoms with Crippen molar-refractivity contribution in [1.29, 1.82) is 0 Å². The molecule has 19 heavy (non-hydrogen) atoms. The molecule has 3 N–H and O–H groups in total. The Morgan fingerprint density at radius 1 is 1.26 bits per heavy atom. The molecule has 0 atom stereocenters. The Kier molecular flexibility index (Phi) is 4.20. The van der Waals surface area contributed by atoms with E-state index in [1.165, 1.54) is 18.6 Å². The zero-order valence-corrected chi connectivity index (χ0v) is 11.4. The van der Waals surface area contributed by atoms with E-state index >= 15 is 0 Å². The Morgan fingerprint density at radius 3 is 2.53 bits per heavy atom. The minimum absolute atomic E-state index is 0.0706. The molecule has 0 radical (unpaired) electrons. The third-order valence-electron chi connectivity index (χ3n) is 3.67. The molecule has 4 nitrogen and oxygen atoms in total. The highest BCUT2D eigenvalue weighted by atomic mass is 35.5. The summed E-state index contributed by atoms with van der Waals surface area (Å²) in [5.74, 6) is -0.269. The van der Waals surface area contributed by atoms with Gasteiger partial charge in [0.2, 0.25) is 0 Å². The molecule has 1 aromatic rings. The number of rotatable bonds is 3. The van der Waals surface area contributed by atoms with Crippen LogP contribution in [0.15, 0.2) is 18.2 Å². The highest BCUT2D eigenvalue weighted by Crippen LogP contribution is 2.30. The second kappa shape index (κ2) is 5.70. The molecule has 0 spiro atoms. The number of benzene rings is 1. The first-order valence-electron chi connectivity index (χ1n) is 6.47. The third kappa shape index (κ3) is 3.13. The van der Waals surface area contributed by atoms with E-state index in [0.717, 1.165) is 31.7 Å². The van der Waals surface area contributed by atoms with Gasteiger partial charge >= 0.3 is 0 Å². The van der Waals surface area contributed by atoms with E-state index in [0.29, 0.717) is 5.88 Å². The van der Waals surface area contributed by atoms with Crippen molar-refractivity contribution in [2.45, 2.75) is 37.6 Å². The van der Waals surface area contributed by atoms with Crippen molar-refractivity contribution in [2.75, 3.05) is 5.88 Å². The van der Waals surface area contributed by atoms with Crippen LogP contribution in [0.4, 0.5) is 0 Å².